The van der Waals surface area contributed by atoms with E-state index in [0.717, 1.165) is 9.87 Å². The number of halogens is 3. The fraction of sp³-hybridized carbons (Fsp3) is 0.259. The number of aryl methyl sites for hydroxylation is 2. The molecule has 0 fully saturated rings. The minimum Gasteiger partial charge on any atom is -0.357 e. The molecule has 3 aromatic carbocycles. The van der Waals surface area contributed by atoms with E-state index < -0.39 is 34.4 Å². The maximum atomic E-state index is 13.9. The summed E-state index contributed by atoms with van der Waals surface area (Å²) in [7, 11) is -2.73. The molecule has 7 nitrogen and oxygen atoms in total. The highest BCUT2D eigenvalue weighted by molar-refractivity contribution is 7.92. The first-order valence-electron chi connectivity index (χ1n) is 11.7. The summed E-state index contributed by atoms with van der Waals surface area (Å²) >= 11 is 18.8. The zero-order valence-electron chi connectivity index (χ0n) is 21.3. The molecule has 3 rings (SSSR count). The quantitative estimate of drug-likeness (QED) is 0.347. The van der Waals surface area contributed by atoms with E-state index in [1.165, 1.54) is 24.1 Å². The molecular weight excluding hydrogens is 569 g/mol. The molecule has 1 N–H and O–H groups in total. The van der Waals surface area contributed by atoms with Gasteiger partial charge in [-0.25, -0.2) is 8.42 Å². The molecule has 0 unspecified atom stereocenters. The summed E-state index contributed by atoms with van der Waals surface area (Å²) in [5, 5.41) is 3.59. The smallest absolute Gasteiger partial charge is 0.264 e. The number of hydrogen-bond donors (Lipinski definition) is 1. The van der Waals surface area contributed by atoms with Gasteiger partial charge in [0, 0.05) is 34.2 Å². The minimum absolute atomic E-state index is 0.0188. The summed E-state index contributed by atoms with van der Waals surface area (Å²) in [6, 6.07) is 15.0. The average Bonchev–Trinajstić information content (AvgIpc) is 2.86. The second-order valence-electron chi connectivity index (χ2n) is 8.77. The molecule has 11 heteroatoms. The summed E-state index contributed by atoms with van der Waals surface area (Å²) in [6.07, 6.45) is 0. The van der Waals surface area contributed by atoms with Crippen LogP contribution in [-0.2, 0) is 26.2 Å². The van der Waals surface area contributed by atoms with E-state index in [2.05, 4.69) is 5.32 Å². The number of carbonyl (C=O) groups excluding carboxylic acids is 2. The number of sulfonamides is 1. The third-order valence-electron chi connectivity index (χ3n) is 6.12. The van der Waals surface area contributed by atoms with Crippen LogP contribution in [0.2, 0.25) is 15.1 Å². The SMILES string of the molecule is CNC(=O)[C@@H](C)N(Cc1c(Cl)cccc1Cl)C(=O)CN(c1ccc(Cl)cc1C)S(=O)(=O)c1ccc(C)cc1. The van der Waals surface area contributed by atoms with E-state index in [-0.39, 0.29) is 17.1 Å². The van der Waals surface area contributed by atoms with Crippen molar-refractivity contribution in [3.8, 4) is 0 Å². The Morgan fingerprint density at radius 1 is 0.947 bits per heavy atom. The van der Waals surface area contributed by atoms with Crippen molar-refractivity contribution in [3.05, 3.63) is 92.4 Å². The number of nitrogens with zero attached hydrogens (tertiary/aromatic N) is 2. The van der Waals surface area contributed by atoms with Gasteiger partial charge in [-0.15, -0.1) is 0 Å². The molecule has 0 aromatic heterocycles. The highest BCUT2D eigenvalue weighted by Gasteiger charge is 2.33. The van der Waals surface area contributed by atoms with Gasteiger partial charge in [0.15, 0.2) is 0 Å². The molecule has 0 spiro atoms. The number of benzene rings is 3. The Hall–Kier alpha value is -2.78. The van der Waals surface area contributed by atoms with E-state index in [4.69, 9.17) is 34.8 Å². The van der Waals surface area contributed by atoms with E-state index in [9.17, 15) is 18.0 Å². The maximum absolute atomic E-state index is 13.9. The Bertz CT molecular complexity index is 1430. The summed E-state index contributed by atoms with van der Waals surface area (Å²) in [5.41, 5.74) is 2.17. The van der Waals surface area contributed by atoms with Crippen molar-refractivity contribution in [3.63, 3.8) is 0 Å². The van der Waals surface area contributed by atoms with Gasteiger partial charge in [0.05, 0.1) is 10.6 Å². The van der Waals surface area contributed by atoms with Crippen LogP contribution in [0.25, 0.3) is 0 Å². The first-order valence-corrected chi connectivity index (χ1v) is 14.2. The average molecular weight is 597 g/mol. The van der Waals surface area contributed by atoms with Crippen molar-refractivity contribution in [1.82, 2.24) is 10.2 Å². The van der Waals surface area contributed by atoms with E-state index >= 15 is 0 Å². The zero-order chi connectivity index (χ0) is 28.2. The summed E-state index contributed by atoms with van der Waals surface area (Å²) in [4.78, 5) is 27.7. The van der Waals surface area contributed by atoms with Gasteiger partial charge in [-0.1, -0.05) is 58.6 Å². The predicted octanol–water partition coefficient (Wildman–Crippen LogP) is 5.62. The fourth-order valence-electron chi connectivity index (χ4n) is 3.89. The lowest BCUT2D eigenvalue weighted by molar-refractivity contribution is -0.139. The lowest BCUT2D eigenvalue weighted by Gasteiger charge is -2.32. The first kappa shape index (κ1) is 29.8. The molecule has 0 aliphatic carbocycles. The molecule has 0 saturated carbocycles. The second-order valence-corrected chi connectivity index (χ2v) is 11.9. The van der Waals surface area contributed by atoms with Crippen molar-refractivity contribution in [1.29, 1.82) is 0 Å². The third-order valence-corrected chi connectivity index (χ3v) is 8.84. The molecule has 3 aromatic rings. The van der Waals surface area contributed by atoms with Gasteiger partial charge in [-0.2, -0.15) is 0 Å². The number of nitrogens with one attached hydrogen (secondary N) is 1. The zero-order valence-corrected chi connectivity index (χ0v) is 24.4. The molecule has 1 atom stereocenters. The van der Waals surface area contributed by atoms with Crippen LogP contribution in [0.4, 0.5) is 5.69 Å². The van der Waals surface area contributed by atoms with Crippen molar-refractivity contribution in [2.45, 2.75) is 38.3 Å². The highest BCUT2D eigenvalue weighted by atomic mass is 35.5. The molecular formula is C27H28Cl3N3O4S. The van der Waals surface area contributed by atoms with Gasteiger partial charge < -0.3 is 10.2 Å². The van der Waals surface area contributed by atoms with Crippen LogP contribution in [0.5, 0.6) is 0 Å². The number of hydrogen-bond acceptors (Lipinski definition) is 4. The monoisotopic (exact) mass is 595 g/mol. The molecule has 2 amide bonds. The molecule has 0 bridgehead atoms. The summed E-state index contributed by atoms with van der Waals surface area (Å²) in [5.74, 6) is -1.06. The number of likely N-dealkylation sites (N-methyl/N-ethyl adjacent to an activating group) is 1. The molecule has 0 heterocycles. The lowest BCUT2D eigenvalue weighted by Crippen LogP contribution is -2.50. The van der Waals surface area contributed by atoms with Crippen molar-refractivity contribution in [2.75, 3.05) is 17.9 Å². The molecule has 38 heavy (non-hydrogen) atoms. The van der Waals surface area contributed by atoms with E-state index in [0.29, 0.717) is 26.2 Å². The molecule has 0 aliphatic heterocycles. The maximum Gasteiger partial charge on any atom is 0.264 e. The number of carbonyl (C=O) groups is 2. The first-order chi connectivity index (χ1) is 17.9. The normalized spacial score (nSPS) is 12.1. The Balaban J connectivity index is 2.10. The molecule has 0 aliphatic rings. The van der Waals surface area contributed by atoms with E-state index in [1.807, 2.05) is 6.92 Å². The third kappa shape index (κ3) is 6.61. The Kier molecular flexibility index (Phi) is 9.70. The van der Waals surface area contributed by atoms with Crippen LogP contribution < -0.4 is 9.62 Å². The van der Waals surface area contributed by atoms with Crippen LogP contribution in [0.1, 0.15) is 23.6 Å². The van der Waals surface area contributed by atoms with E-state index in [1.54, 1.807) is 62.4 Å². The lowest BCUT2D eigenvalue weighted by atomic mass is 10.1. The Morgan fingerprint density at radius 3 is 2.11 bits per heavy atom. The largest absolute Gasteiger partial charge is 0.357 e. The van der Waals surface area contributed by atoms with Gasteiger partial charge in [0.2, 0.25) is 11.8 Å². The Morgan fingerprint density at radius 2 is 1.55 bits per heavy atom. The standard InChI is InChI=1S/C27H28Cl3N3O4S/c1-17-8-11-21(12-9-17)38(36,37)33(25-13-10-20(28)14-18(25)2)16-26(34)32(19(3)27(35)31-4)15-22-23(29)6-5-7-24(22)30/h5-14,19H,15-16H2,1-4H3,(H,31,35)/t19-/m1/s1. The minimum atomic E-state index is -4.19. The van der Waals surface area contributed by atoms with Crippen molar-refractivity contribution >= 4 is 62.3 Å². The van der Waals surface area contributed by atoms with Gasteiger partial charge >= 0.3 is 0 Å². The topological polar surface area (TPSA) is 86.8 Å². The molecule has 0 radical (unpaired) electrons. The fourth-order valence-corrected chi connectivity index (χ4v) is 6.12. The van der Waals surface area contributed by atoms with Gasteiger partial charge in [-0.3, -0.25) is 13.9 Å². The van der Waals surface area contributed by atoms with Crippen molar-refractivity contribution in [2.24, 2.45) is 0 Å². The molecule has 0 saturated heterocycles. The summed E-state index contributed by atoms with van der Waals surface area (Å²) in [6.45, 7) is 4.41. The van der Waals surface area contributed by atoms with Crippen LogP contribution in [0.3, 0.4) is 0 Å². The molecule has 202 valence electrons. The van der Waals surface area contributed by atoms with Gasteiger partial charge in [0.25, 0.3) is 10.0 Å². The number of rotatable bonds is 9. The van der Waals surface area contributed by atoms with Gasteiger partial charge in [-0.05, 0) is 68.8 Å². The number of amides is 2. The van der Waals surface area contributed by atoms with Crippen LogP contribution in [-0.4, -0.2) is 44.8 Å². The predicted molar refractivity (Wildman–Crippen MR) is 152 cm³/mol. The Labute approximate surface area is 238 Å². The van der Waals surface area contributed by atoms with Crippen LogP contribution in [0, 0.1) is 13.8 Å². The summed E-state index contributed by atoms with van der Waals surface area (Å²) < 4.78 is 28.8. The number of anilines is 1. The van der Waals surface area contributed by atoms with Crippen LogP contribution in [0.15, 0.2) is 65.6 Å². The van der Waals surface area contributed by atoms with Crippen molar-refractivity contribution < 1.29 is 18.0 Å². The van der Waals surface area contributed by atoms with Gasteiger partial charge in [0.1, 0.15) is 12.6 Å². The second kappa shape index (κ2) is 12.4. The highest BCUT2D eigenvalue weighted by Crippen LogP contribution is 2.31. The van der Waals surface area contributed by atoms with Crippen LogP contribution >= 0.6 is 34.8 Å².